The summed E-state index contributed by atoms with van der Waals surface area (Å²) in [5.74, 6) is -0.143. The van der Waals surface area contributed by atoms with Crippen LogP contribution < -0.4 is 16.4 Å². The molecule has 1 aliphatic rings. The maximum absolute atomic E-state index is 14.7. The molecule has 1 aliphatic heterocycles. The van der Waals surface area contributed by atoms with Crippen molar-refractivity contribution in [3.05, 3.63) is 64.2 Å². The predicted molar refractivity (Wildman–Crippen MR) is 132 cm³/mol. The molecule has 1 aromatic carbocycles. The summed E-state index contributed by atoms with van der Waals surface area (Å²) >= 11 is 0. The van der Waals surface area contributed by atoms with Gasteiger partial charge in [-0.3, -0.25) is 9.47 Å². The van der Waals surface area contributed by atoms with Crippen molar-refractivity contribution in [1.29, 1.82) is 0 Å². The van der Waals surface area contributed by atoms with Gasteiger partial charge in [0.1, 0.15) is 11.5 Å². The average molecular weight is 478 g/mol. The zero-order valence-corrected chi connectivity index (χ0v) is 20.0. The van der Waals surface area contributed by atoms with Gasteiger partial charge in [-0.1, -0.05) is 6.07 Å². The summed E-state index contributed by atoms with van der Waals surface area (Å²) in [6.07, 6.45) is 2.00. The number of hydrogen-bond acceptors (Lipinski definition) is 8. The van der Waals surface area contributed by atoms with Crippen molar-refractivity contribution in [1.82, 2.24) is 29.7 Å². The minimum atomic E-state index is -0.558. The van der Waals surface area contributed by atoms with Crippen molar-refractivity contribution >= 4 is 22.9 Å². The Hall–Kier alpha value is -3.63. The Bertz CT molecular complexity index is 1430. The Balaban J connectivity index is 1.41. The molecule has 0 saturated carbocycles. The SMILES string of the molecule is CNCCN1CCc2nc(Nc3ncc(F)c(-c4ccc5oc(=O)n(C(C)C)c5c4)n3)ccc2C1. The summed E-state index contributed by atoms with van der Waals surface area (Å²) in [5, 5.41) is 6.30. The van der Waals surface area contributed by atoms with Crippen LogP contribution >= 0.6 is 0 Å². The van der Waals surface area contributed by atoms with E-state index in [9.17, 15) is 9.18 Å². The lowest BCUT2D eigenvalue weighted by Crippen LogP contribution is -2.35. The molecule has 0 atom stereocenters. The molecule has 0 bridgehead atoms. The molecule has 2 N–H and O–H groups in total. The monoisotopic (exact) mass is 477 g/mol. The van der Waals surface area contributed by atoms with Gasteiger partial charge in [0.2, 0.25) is 5.95 Å². The summed E-state index contributed by atoms with van der Waals surface area (Å²) < 4.78 is 21.6. The molecule has 9 nitrogen and oxygen atoms in total. The fourth-order valence-electron chi connectivity index (χ4n) is 4.42. The predicted octanol–water partition coefficient (Wildman–Crippen LogP) is 3.49. The number of anilines is 2. The first kappa shape index (κ1) is 23.1. The Kier molecular flexibility index (Phi) is 6.31. The number of hydrogen-bond donors (Lipinski definition) is 2. The van der Waals surface area contributed by atoms with E-state index >= 15 is 0 Å². The number of pyridine rings is 1. The molecule has 10 heteroatoms. The van der Waals surface area contributed by atoms with Crippen LogP contribution in [0, 0.1) is 5.82 Å². The number of rotatable bonds is 7. The van der Waals surface area contributed by atoms with Gasteiger partial charge in [0.05, 0.1) is 11.7 Å². The summed E-state index contributed by atoms with van der Waals surface area (Å²) in [6, 6.07) is 8.92. The summed E-state index contributed by atoms with van der Waals surface area (Å²) in [4.78, 5) is 27.9. The molecular formula is C25H28FN7O2. The van der Waals surface area contributed by atoms with Crippen LogP contribution in [0.4, 0.5) is 16.2 Å². The Morgan fingerprint density at radius 2 is 2.06 bits per heavy atom. The first-order valence-electron chi connectivity index (χ1n) is 11.7. The van der Waals surface area contributed by atoms with Crippen LogP contribution in [0.1, 0.15) is 31.1 Å². The third kappa shape index (κ3) is 4.67. The highest BCUT2D eigenvalue weighted by Crippen LogP contribution is 2.27. The van der Waals surface area contributed by atoms with Crippen molar-refractivity contribution in [3.63, 3.8) is 0 Å². The minimum Gasteiger partial charge on any atom is -0.408 e. The van der Waals surface area contributed by atoms with Crippen molar-refractivity contribution in [2.24, 2.45) is 0 Å². The van der Waals surface area contributed by atoms with E-state index in [1.54, 1.807) is 18.2 Å². The Labute approximate surface area is 202 Å². The molecule has 3 aromatic heterocycles. The molecule has 0 spiro atoms. The van der Waals surface area contributed by atoms with Crippen LogP contribution in [-0.4, -0.2) is 51.1 Å². The number of fused-ring (bicyclic) bond motifs is 2. The van der Waals surface area contributed by atoms with E-state index in [4.69, 9.17) is 9.40 Å². The summed E-state index contributed by atoms with van der Waals surface area (Å²) in [6.45, 7) is 7.57. The average Bonchev–Trinajstić information content (AvgIpc) is 3.19. The van der Waals surface area contributed by atoms with Crippen molar-refractivity contribution in [3.8, 4) is 11.3 Å². The molecule has 4 aromatic rings. The maximum Gasteiger partial charge on any atom is 0.420 e. The topological polar surface area (TPSA) is 101 Å². The second-order valence-electron chi connectivity index (χ2n) is 8.96. The Morgan fingerprint density at radius 1 is 1.20 bits per heavy atom. The first-order chi connectivity index (χ1) is 16.9. The zero-order chi connectivity index (χ0) is 24.5. The van der Waals surface area contributed by atoms with Crippen LogP contribution in [0.25, 0.3) is 22.4 Å². The number of nitrogens with zero attached hydrogens (tertiary/aromatic N) is 5. The van der Waals surface area contributed by atoms with Crippen LogP contribution in [-0.2, 0) is 13.0 Å². The highest BCUT2D eigenvalue weighted by molar-refractivity contribution is 5.80. The largest absolute Gasteiger partial charge is 0.420 e. The second-order valence-corrected chi connectivity index (χ2v) is 8.96. The lowest BCUT2D eigenvalue weighted by atomic mass is 10.1. The van der Waals surface area contributed by atoms with Crippen LogP contribution in [0.3, 0.4) is 0 Å². The van der Waals surface area contributed by atoms with E-state index in [0.29, 0.717) is 22.5 Å². The van der Waals surface area contributed by atoms with Gasteiger partial charge in [-0.15, -0.1) is 0 Å². The van der Waals surface area contributed by atoms with Crippen LogP contribution in [0.15, 0.2) is 45.7 Å². The fourth-order valence-corrected chi connectivity index (χ4v) is 4.42. The van der Waals surface area contributed by atoms with E-state index in [1.165, 1.54) is 10.1 Å². The highest BCUT2D eigenvalue weighted by atomic mass is 19.1. The smallest absolute Gasteiger partial charge is 0.408 e. The zero-order valence-electron chi connectivity index (χ0n) is 20.0. The van der Waals surface area contributed by atoms with Crippen molar-refractivity contribution in [2.45, 2.75) is 32.9 Å². The highest BCUT2D eigenvalue weighted by Gasteiger charge is 2.19. The second kappa shape index (κ2) is 9.55. The first-order valence-corrected chi connectivity index (χ1v) is 11.7. The van der Waals surface area contributed by atoms with E-state index in [-0.39, 0.29) is 17.7 Å². The minimum absolute atomic E-state index is 0.100. The number of benzene rings is 1. The molecular weight excluding hydrogens is 449 g/mol. The van der Waals surface area contributed by atoms with Gasteiger partial charge >= 0.3 is 5.76 Å². The van der Waals surface area contributed by atoms with E-state index in [2.05, 4.69) is 31.6 Å². The molecule has 35 heavy (non-hydrogen) atoms. The normalized spacial score (nSPS) is 14.0. The van der Waals surface area contributed by atoms with Gasteiger partial charge in [0, 0.05) is 49.9 Å². The summed E-state index contributed by atoms with van der Waals surface area (Å²) in [7, 11) is 1.96. The number of halogens is 1. The molecule has 0 unspecified atom stereocenters. The van der Waals surface area contributed by atoms with Gasteiger partial charge < -0.3 is 15.1 Å². The number of likely N-dealkylation sites (N-methyl/N-ethyl adjacent to an activating group) is 1. The van der Waals surface area contributed by atoms with Crippen molar-refractivity contribution in [2.75, 3.05) is 32.0 Å². The standard InChI is InChI=1S/C25H28FN7O2/c1-15(2)33-20-12-16(4-6-21(20)35-25(33)34)23-18(26)13-28-24(31-23)30-22-7-5-17-14-32(11-9-27-3)10-8-19(17)29-22/h4-7,12-13,15,27H,8-11,14H2,1-3H3,(H,28,29,30,31). The van der Waals surface area contributed by atoms with Gasteiger partial charge in [-0.05, 0) is 50.7 Å². The molecule has 4 heterocycles. The van der Waals surface area contributed by atoms with Gasteiger partial charge in [0.25, 0.3) is 0 Å². The molecule has 5 rings (SSSR count). The number of oxazole rings is 1. The van der Waals surface area contributed by atoms with Crippen LogP contribution in [0.2, 0.25) is 0 Å². The number of aromatic nitrogens is 4. The quantitative estimate of drug-likeness (QED) is 0.417. The molecule has 182 valence electrons. The molecule has 0 amide bonds. The maximum atomic E-state index is 14.7. The lowest BCUT2D eigenvalue weighted by Gasteiger charge is -2.28. The van der Waals surface area contributed by atoms with Crippen LogP contribution in [0.5, 0.6) is 0 Å². The molecule has 0 saturated heterocycles. The van der Waals surface area contributed by atoms with E-state index in [0.717, 1.165) is 44.5 Å². The van der Waals surface area contributed by atoms with Crippen molar-refractivity contribution < 1.29 is 8.81 Å². The lowest BCUT2D eigenvalue weighted by molar-refractivity contribution is 0.254. The molecule has 0 aliphatic carbocycles. The summed E-state index contributed by atoms with van der Waals surface area (Å²) in [5.41, 5.74) is 3.96. The molecule has 0 radical (unpaired) electrons. The molecule has 0 fully saturated rings. The van der Waals surface area contributed by atoms with Gasteiger partial charge in [0.15, 0.2) is 11.4 Å². The Morgan fingerprint density at radius 3 is 2.86 bits per heavy atom. The third-order valence-electron chi connectivity index (χ3n) is 6.19. The van der Waals surface area contributed by atoms with E-state index in [1.807, 2.05) is 27.0 Å². The fraction of sp³-hybridized carbons (Fsp3) is 0.360. The van der Waals surface area contributed by atoms with Gasteiger partial charge in [-0.25, -0.2) is 24.1 Å². The van der Waals surface area contributed by atoms with Gasteiger partial charge in [-0.2, -0.15) is 0 Å². The number of nitrogens with one attached hydrogen (secondary N) is 2. The third-order valence-corrected chi connectivity index (χ3v) is 6.19. The van der Waals surface area contributed by atoms with E-state index < -0.39 is 11.6 Å².